The van der Waals surface area contributed by atoms with E-state index in [4.69, 9.17) is 10.5 Å². The Morgan fingerprint density at radius 3 is 2.82 bits per heavy atom. The number of fused-ring (bicyclic) bond motifs is 1. The van der Waals surface area contributed by atoms with Crippen molar-refractivity contribution in [1.29, 1.82) is 0 Å². The van der Waals surface area contributed by atoms with Crippen LogP contribution < -0.4 is 11.1 Å². The third-order valence-corrected chi connectivity index (χ3v) is 6.12. The molecule has 0 unspecified atom stereocenters. The largest absolute Gasteiger partial charge is 0.444 e. The first-order chi connectivity index (χ1) is 16.1. The minimum atomic E-state index is -0.513. The lowest BCUT2D eigenvalue weighted by Gasteiger charge is -2.34. The molecule has 1 fully saturated rings. The van der Waals surface area contributed by atoms with E-state index >= 15 is 0 Å². The summed E-state index contributed by atoms with van der Waals surface area (Å²) in [6.07, 6.45) is 3.40. The number of benzene rings is 2. The molecule has 6 nitrogen and oxygen atoms in total. The molecule has 2 aromatic carbocycles. The van der Waals surface area contributed by atoms with Gasteiger partial charge in [0, 0.05) is 47.9 Å². The summed E-state index contributed by atoms with van der Waals surface area (Å²) in [6.45, 7) is 9.56. The van der Waals surface area contributed by atoms with Crippen LogP contribution in [0.4, 0.5) is 20.7 Å². The van der Waals surface area contributed by atoms with Gasteiger partial charge in [-0.2, -0.15) is 0 Å². The minimum Gasteiger partial charge on any atom is -0.444 e. The highest BCUT2D eigenvalue weighted by molar-refractivity contribution is 5.98. The molecule has 3 aromatic rings. The molecule has 1 atom stereocenters. The van der Waals surface area contributed by atoms with Gasteiger partial charge in [-0.1, -0.05) is 12.1 Å². The van der Waals surface area contributed by atoms with Crippen molar-refractivity contribution in [3.8, 4) is 11.1 Å². The maximum Gasteiger partial charge on any atom is 0.410 e. The lowest BCUT2D eigenvalue weighted by Crippen LogP contribution is -2.44. The van der Waals surface area contributed by atoms with E-state index in [1.54, 1.807) is 17.2 Å². The topological polar surface area (TPSA) is 80.5 Å². The quantitative estimate of drug-likeness (QED) is 0.496. The summed E-state index contributed by atoms with van der Waals surface area (Å²) in [5.41, 5.74) is 8.57. The molecule has 180 valence electrons. The predicted molar refractivity (Wildman–Crippen MR) is 135 cm³/mol. The van der Waals surface area contributed by atoms with Crippen molar-refractivity contribution in [3.05, 3.63) is 54.0 Å². The SMILES string of the molecule is Cc1cccc(F)c1-c1cc(NC[C@H]2CCCN(C(=O)OC(C)(C)C)C2)c2cc(N)ncc2c1. The van der Waals surface area contributed by atoms with E-state index in [2.05, 4.69) is 10.3 Å². The van der Waals surface area contributed by atoms with E-state index in [1.165, 1.54) is 6.07 Å². The number of halogens is 1. The molecule has 0 bridgehead atoms. The molecule has 3 N–H and O–H groups in total. The van der Waals surface area contributed by atoms with Gasteiger partial charge < -0.3 is 20.7 Å². The zero-order valence-corrected chi connectivity index (χ0v) is 20.3. The van der Waals surface area contributed by atoms with E-state index in [0.717, 1.165) is 40.4 Å². The highest BCUT2D eigenvalue weighted by atomic mass is 19.1. The van der Waals surface area contributed by atoms with Crippen LogP contribution in [0.2, 0.25) is 0 Å². The van der Waals surface area contributed by atoms with Gasteiger partial charge in [0.05, 0.1) is 0 Å². The van der Waals surface area contributed by atoms with Crippen LogP contribution in [-0.4, -0.2) is 41.2 Å². The van der Waals surface area contributed by atoms with Crippen molar-refractivity contribution in [2.24, 2.45) is 5.92 Å². The summed E-state index contributed by atoms with van der Waals surface area (Å²) in [4.78, 5) is 18.6. The number of hydrogen-bond acceptors (Lipinski definition) is 5. The van der Waals surface area contributed by atoms with E-state index < -0.39 is 5.60 Å². The number of nitrogens with two attached hydrogens (primary N) is 1. The van der Waals surface area contributed by atoms with Gasteiger partial charge in [0.15, 0.2) is 0 Å². The number of ether oxygens (including phenoxy) is 1. The van der Waals surface area contributed by atoms with E-state index in [9.17, 15) is 9.18 Å². The number of aryl methyl sites for hydroxylation is 1. The number of carbonyl (C=O) groups excluding carboxylic acids is 1. The number of nitrogens with one attached hydrogen (secondary N) is 1. The van der Waals surface area contributed by atoms with E-state index in [0.29, 0.717) is 31.0 Å². The summed E-state index contributed by atoms with van der Waals surface area (Å²) in [7, 11) is 0. The molecule has 4 rings (SSSR count). The van der Waals surface area contributed by atoms with Crippen molar-refractivity contribution in [1.82, 2.24) is 9.88 Å². The van der Waals surface area contributed by atoms with E-state index in [1.807, 2.05) is 52.0 Å². The Kier molecular flexibility index (Phi) is 6.64. The van der Waals surface area contributed by atoms with Crippen LogP contribution in [0.3, 0.4) is 0 Å². The zero-order valence-electron chi connectivity index (χ0n) is 20.3. The second-order valence-electron chi connectivity index (χ2n) is 10.1. The van der Waals surface area contributed by atoms with Crippen molar-refractivity contribution < 1.29 is 13.9 Å². The lowest BCUT2D eigenvalue weighted by molar-refractivity contribution is 0.0172. The molecule has 7 heteroatoms. The number of piperidine rings is 1. The maximum absolute atomic E-state index is 14.7. The van der Waals surface area contributed by atoms with Gasteiger partial charge in [-0.05, 0) is 81.8 Å². The number of pyridine rings is 1. The number of anilines is 2. The highest BCUT2D eigenvalue weighted by Crippen LogP contribution is 2.35. The van der Waals surface area contributed by atoms with Gasteiger partial charge in [0.2, 0.25) is 0 Å². The average molecular weight is 465 g/mol. The van der Waals surface area contributed by atoms with Gasteiger partial charge in [0.25, 0.3) is 0 Å². The van der Waals surface area contributed by atoms with Crippen LogP contribution in [0, 0.1) is 18.7 Å². The maximum atomic E-state index is 14.7. The molecule has 0 radical (unpaired) electrons. The van der Waals surface area contributed by atoms with E-state index in [-0.39, 0.29) is 17.8 Å². The fourth-order valence-electron chi connectivity index (χ4n) is 4.54. The lowest BCUT2D eigenvalue weighted by atomic mass is 9.95. The molecule has 1 saturated heterocycles. The Morgan fingerprint density at radius 2 is 2.09 bits per heavy atom. The number of hydrogen-bond donors (Lipinski definition) is 2. The summed E-state index contributed by atoms with van der Waals surface area (Å²) in [5.74, 6) is 0.447. The number of rotatable bonds is 4. The Labute approximate surface area is 200 Å². The number of aromatic nitrogens is 1. The highest BCUT2D eigenvalue weighted by Gasteiger charge is 2.27. The Morgan fingerprint density at radius 1 is 1.29 bits per heavy atom. The monoisotopic (exact) mass is 464 g/mol. The standard InChI is InChI=1S/C27H33FN4O2/c1-17-7-5-9-22(28)25(17)19-11-20-15-31-24(29)13-21(20)23(12-19)30-14-18-8-6-10-32(16-18)26(33)34-27(2,3)4/h5,7,9,11-13,15,18,30H,6,8,10,14,16H2,1-4H3,(H2,29,31)/t18-/m1/s1. The number of likely N-dealkylation sites (tertiary alicyclic amines) is 1. The zero-order chi connectivity index (χ0) is 24.5. The first-order valence-corrected chi connectivity index (χ1v) is 11.8. The Bertz CT molecular complexity index is 1180. The second kappa shape index (κ2) is 9.49. The van der Waals surface area contributed by atoms with Crippen LogP contribution in [0.5, 0.6) is 0 Å². The fraction of sp³-hybridized carbons (Fsp3) is 0.407. The number of nitrogen functional groups attached to an aromatic ring is 1. The molecule has 34 heavy (non-hydrogen) atoms. The molecule has 0 aliphatic carbocycles. The number of nitrogens with zero attached hydrogens (tertiary/aromatic N) is 2. The molecule has 1 aliphatic rings. The minimum absolute atomic E-state index is 0.256. The molecule has 1 amide bonds. The molecular weight excluding hydrogens is 431 g/mol. The third-order valence-electron chi connectivity index (χ3n) is 6.12. The number of carbonyl (C=O) groups is 1. The molecular formula is C27H33FN4O2. The molecule has 1 aliphatic heterocycles. The van der Waals surface area contributed by atoms with Gasteiger partial charge >= 0.3 is 6.09 Å². The van der Waals surface area contributed by atoms with Gasteiger partial charge in [-0.15, -0.1) is 0 Å². The summed E-state index contributed by atoms with van der Waals surface area (Å²) in [6, 6.07) is 10.9. The second-order valence-corrected chi connectivity index (χ2v) is 10.1. The third kappa shape index (κ3) is 5.41. The van der Waals surface area contributed by atoms with Crippen LogP contribution in [-0.2, 0) is 4.74 Å². The molecule has 0 spiro atoms. The van der Waals surface area contributed by atoms with Crippen molar-refractivity contribution >= 4 is 28.4 Å². The van der Waals surface area contributed by atoms with Gasteiger partial charge in [-0.3, -0.25) is 0 Å². The average Bonchev–Trinajstić information content (AvgIpc) is 2.76. The summed E-state index contributed by atoms with van der Waals surface area (Å²) < 4.78 is 20.3. The molecule has 1 aromatic heterocycles. The van der Waals surface area contributed by atoms with Crippen LogP contribution in [0.25, 0.3) is 21.9 Å². The first-order valence-electron chi connectivity index (χ1n) is 11.8. The van der Waals surface area contributed by atoms with Crippen LogP contribution >= 0.6 is 0 Å². The number of amides is 1. The smallest absolute Gasteiger partial charge is 0.410 e. The predicted octanol–water partition coefficient (Wildman–Crippen LogP) is 5.99. The van der Waals surface area contributed by atoms with Crippen LogP contribution in [0.15, 0.2) is 42.6 Å². The molecule has 0 saturated carbocycles. The van der Waals surface area contributed by atoms with Crippen LogP contribution in [0.1, 0.15) is 39.2 Å². The Hall–Kier alpha value is -3.35. The normalized spacial score (nSPS) is 16.5. The van der Waals surface area contributed by atoms with Crippen molar-refractivity contribution in [3.63, 3.8) is 0 Å². The molecule has 2 heterocycles. The van der Waals surface area contributed by atoms with Crippen molar-refractivity contribution in [2.75, 3.05) is 30.7 Å². The summed E-state index contributed by atoms with van der Waals surface area (Å²) >= 11 is 0. The first kappa shape index (κ1) is 23.8. The summed E-state index contributed by atoms with van der Waals surface area (Å²) in [5, 5.41) is 5.38. The Balaban J connectivity index is 1.59. The van der Waals surface area contributed by atoms with Gasteiger partial charge in [-0.25, -0.2) is 14.2 Å². The fourth-order valence-corrected chi connectivity index (χ4v) is 4.54. The van der Waals surface area contributed by atoms with Crippen molar-refractivity contribution in [2.45, 2.75) is 46.1 Å². The van der Waals surface area contributed by atoms with Gasteiger partial charge in [0.1, 0.15) is 17.2 Å².